The van der Waals surface area contributed by atoms with E-state index in [1.165, 1.54) is 0 Å². The number of thiazole rings is 1. The van der Waals surface area contributed by atoms with E-state index in [0.717, 1.165) is 34.0 Å². The van der Waals surface area contributed by atoms with Crippen molar-refractivity contribution in [3.05, 3.63) is 70.5 Å². The molecule has 0 aliphatic heterocycles. The number of aromatic nitrogens is 1. The Morgan fingerprint density at radius 3 is 2.50 bits per heavy atom. The lowest BCUT2D eigenvalue weighted by Crippen LogP contribution is -2.01. The van der Waals surface area contributed by atoms with Crippen molar-refractivity contribution in [2.75, 3.05) is 6.54 Å². The molecule has 4 heteroatoms. The van der Waals surface area contributed by atoms with Crippen LogP contribution in [0.3, 0.4) is 0 Å². The summed E-state index contributed by atoms with van der Waals surface area (Å²) in [7, 11) is 0. The zero-order valence-electron chi connectivity index (χ0n) is 12.2. The first-order valence-corrected chi connectivity index (χ1v) is 8.15. The number of benzene rings is 2. The Kier molecular flexibility index (Phi) is 4.83. The first-order chi connectivity index (χ1) is 10.8. The van der Waals surface area contributed by atoms with E-state index in [1.54, 1.807) is 11.3 Å². The predicted octanol–water partition coefficient (Wildman–Crippen LogP) is 3.89. The molecule has 0 unspecified atom stereocenters. The lowest BCUT2D eigenvalue weighted by atomic mass is 10.2. The molecule has 22 heavy (non-hydrogen) atoms. The van der Waals surface area contributed by atoms with Gasteiger partial charge < -0.3 is 10.5 Å². The van der Waals surface area contributed by atoms with E-state index in [1.807, 2.05) is 42.5 Å². The number of hydrogen-bond donors (Lipinski definition) is 1. The minimum Gasteiger partial charge on any atom is -0.489 e. The van der Waals surface area contributed by atoms with E-state index in [-0.39, 0.29) is 0 Å². The Labute approximate surface area is 134 Å². The zero-order valence-corrected chi connectivity index (χ0v) is 13.1. The summed E-state index contributed by atoms with van der Waals surface area (Å²) in [5.74, 6) is 0.866. The highest BCUT2D eigenvalue weighted by Crippen LogP contribution is 2.24. The molecule has 0 radical (unpaired) electrons. The van der Waals surface area contributed by atoms with E-state index in [4.69, 9.17) is 10.5 Å². The summed E-state index contributed by atoms with van der Waals surface area (Å²) < 4.78 is 5.79. The third-order valence-electron chi connectivity index (χ3n) is 3.31. The molecular formula is C18H18N2OS. The fourth-order valence-corrected chi connectivity index (χ4v) is 2.97. The van der Waals surface area contributed by atoms with Crippen molar-refractivity contribution in [1.29, 1.82) is 0 Å². The summed E-state index contributed by atoms with van der Waals surface area (Å²) in [6.45, 7) is 1.22. The Morgan fingerprint density at radius 2 is 1.77 bits per heavy atom. The van der Waals surface area contributed by atoms with E-state index >= 15 is 0 Å². The van der Waals surface area contributed by atoms with Crippen LogP contribution in [-0.2, 0) is 13.0 Å². The maximum Gasteiger partial charge on any atom is 0.119 e. The summed E-state index contributed by atoms with van der Waals surface area (Å²) in [4.78, 5) is 4.59. The van der Waals surface area contributed by atoms with Crippen LogP contribution in [0.1, 0.15) is 10.6 Å². The number of ether oxygens (including phenoxy) is 1. The Hall–Kier alpha value is -2.17. The van der Waals surface area contributed by atoms with Crippen LogP contribution in [0.5, 0.6) is 5.75 Å². The van der Waals surface area contributed by atoms with Crippen molar-refractivity contribution < 1.29 is 4.74 Å². The molecule has 1 aromatic heterocycles. The van der Waals surface area contributed by atoms with Gasteiger partial charge in [0.15, 0.2) is 0 Å². The first kappa shape index (κ1) is 14.8. The number of nitrogens with zero attached hydrogens (tertiary/aromatic N) is 1. The van der Waals surface area contributed by atoms with Crippen LogP contribution in [0.25, 0.3) is 11.3 Å². The van der Waals surface area contributed by atoms with Crippen molar-refractivity contribution in [2.45, 2.75) is 13.0 Å². The van der Waals surface area contributed by atoms with Crippen LogP contribution in [0.4, 0.5) is 0 Å². The highest BCUT2D eigenvalue weighted by Gasteiger charge is 2.04. The van der Waals surface area contributed by atoms with Gasteiger partial charge in [-0.1, -0.05) is 30.3 Å². The summed E-state index contributed by atoms with van der Waals surface area (Å²) >= 11 is 1.66. The molecule has 1 heterocycles. The molecule has 2 N–H and O–H groups in total. The van der Waals surface area contributed by atoms with E-state index in [0.29, 0.717) is 13.2 Å². The van der Waals surface area contributed by atoms with Gasteiger partial charge in [-0.25, -0.2) is 4.98 Å². The fraction of sp³-hybridized carbons (Fsp3) is 0.167. The molecule has 0 spiro atoms. The average Bonchev–Trinajstić information content (AvgIpc) is 3.03. The van der Waals surface area contributed by atoms with Gasteiger partial charge in [-0.15, -0.1) is 11.3 Å². The third kappa shape index (κ3) is 3.72. The van der Waals surface area contributed by atoms with Crippen molar-refractivity contribution in [3.8, 4) is 17.0 Å². The van der Waals surface area contributed by atoms with Gasteiger partial charge in [-0.2, -0.15) is 0 Å². The standard InChI is InChI=1S/C18H18N2OS/c19-11-10-18-20-17(13-22-18)15-6-8-16(9-7-15)21-12-14-4-2-1-3-5-14/h1-9,13H,10-12,19H2. The van der Waals surface area contributed by atoms with E-state index < -0.39 is 0 Å². The molecule has 0 saturated carbocycles. The molecule has 0 aliphatic rings. The number of rotatable bonds is 6. The van der Waals surface area contributed by atoms with Crippen molar-refractivity contribution >= 4 is 11.3 Å². The van der Waals surface area contributed by atoms with Gasteiger partial charge in [0.1, 0.15) is 12.4 Å². The molecule has 0 atom stereocenters. The molecule has 0 fully saturated rings. The first-order valence-electron chi connectivity index (χ1n) is 7.27. The van der Waals surface area contributed by atoms with Crippen LogP contribution in [-0.4, -0.2) is 11.5 Å². The van der Waals surface area contributed by atoms with Crippen molar-refractivity contribution in [1.82, 2.24) is 4.98 Å². The van der Waals surface area contributed by atoms with Gasteiger partial charge in [-0.05, 0) is 36.4 Å². The second-order valence-corrected chi connectivity index (χ2v) is 5.91. The smallest absolute Gasteiger partial charge is 0.119 e. The molecular weight excluding hydrogens is 292 g/mol. The summed E-state index contributed by atoms with van der Waals surface area (Å²) in [5, 5.41) is 3.16. The molecule has 0 amide bonds. The molecule has 0 aliphatic carbocycles. The highest BCUT2D eigenvalue weighted by atomic mass is 32.1. The van der Waals surface area contributed by atoms with Gasteiger partial charge in [0.25, 0.3) is 0 Å². The largest absolute Gasteiger partial charge is 0.489 e. The normalized spacial score (nSPS) is 10.6. The second kappa shape index (κ2) is 7.20. The maximum atomic E-state index is 5.79. The summed E-state index contributed by atoms with van der Waals surface area (Å²) in [6, 6.07) is 18.2. The average molecular weight is 310 g/mol. The lowest BCUT2D eigenvalue weighted by Gasteiger charge is -2.06. The summed E-state index contributed by atoms with van der Waals surface area (Å²) in [6.07, 6.45) is 0.836. The Balaban J connectivity index is 1.64. The van der Waals surface area contributed by atoms with Crippen molar-refractivity contribution in [2.24, 2.45) is 5.73 Å². The molecule has 0 bridgehead atoms. The number of nitrogens with two attached hydrogens (primary N) is 1. The van der Waals surface area contributed by atoms with Gasteiger partial charge in [-0.3, -0.25) is 0 Å². The van der Waals surface area contributed by atoms with Gasteiger partial charge in [0.2, 0.25) is 0 Å². The Bertz CT molecular complexity index is 707. The summed E-state index contributed by atoms with van der Waals surface area (Å²) in [5.41, 5.74) is 8.83. The second-order valence-electron chi connectivity index (χ2n) is 4.96. The molecule has 112 valence electrons. The van der Waals surface area contributed by atoms with Crippen LogP contribution in [0.2, 0.25) is 0 Å². The topological polar surface area (TPSA) is 48.1 Å². The van der Waals surface area contributed by atoms with Gasteiger partial charge >= 0.3 is 0 Å². The monoisotopic (exact) mass is 310 g/mol. The zero-order chi connectivity index (χ0) is 15.2. The lowest BCUT2D eigenvalue weighted by molar-refractivity contribution is 0.306. The van der Waals surface area contributed by atoms with Crippen LogP contribution >= 0.6 is 11.3 Å². The molecule has 3 nitrogen and oxygen atoms in total. The molecule has 0 saturated heterocycles. The van der Waals surface area contributed by atoms with E-state index in [9.17, 15) is 0 Å². The van der Waals surface area contributed by atoms with Crippen LogP contribution in [0.15, 0.2) is 60.0 Å². The van der Waals surface area contributed by atoms with E-state index in [2.05, 4.69) is 22.5 Å². The van der Waals surface area contributed by atoms with Crippen molar-refractivity contribution in [3.63, 3.8) is 0 Å². The minimum atomic E-state index is 0.581. The van der Waals surface area contributed by atoms with Gasteiger partial charge in [0.05, 0.1) is 10.7 Å². The quantitative estimate of drug-likeness (QED) is 0.751. The maximum absolute atomic E-state index is 5.79. The minimum absolute atomic E-state index is 0.581. The fourth-order valence-electron chi connectivity index (χ4n) is 2.14. The van der Waals surface area contributed by atoms with Gasteiger partial charge in [0, 0.05) is 17.4 Å². The predicted molar refractivity (Wildman–Crippen MR) is 91.1 cm³/mol. The van der Waals surface area contributed by atoms with Crippen LogP contribution in [0, 0.1) is 0 Å². The molecule has 2 aromatic carbocycles. The third-order valence-corrected chi connectivity index (χ3v) is 4.22. The molecule has 3 rings (SSSR count). The van der Waals surface area contributed by atoms with Crippen LogP contribution < -0.4 is 10.5 Å². The Morgan fingerprint density at radius 1 is 1.00 bits per heavy atom. The highest BCUT2D eigenvalue weighted by molar-refractivity contribution is 7.09. The number of hydrogen-bond acceptors (Lipinski definition) is 4. The molecule has 3 aromatic rings. The SMILES string of the molecule is NCCc1nc(-c2ccc(OCc3ccccc3)cc2)cs1.